The Morgan fingerprint density at radius 2 is 1.73 bits per heavy atom. The van der Waals surface area contributed by atoms with Gasteiger partial charge in [0.2, 0.25) is 0 Å². The van der Waals surface area contributed by atoms with Gasteiger partial charge in [0.15, 0.2) is 5.66 Å². The Balaban J connectivity index is 0. The minimum atomic E-state index is -0.142. The average molecular weight is 257 g/mol. The zero-order valence-electron chi connectivity index (χ0n) is 7.76. The van der Waals surface area contributed by atoms with E-state index in [0.717, 1.165) is 0 Å². The molecule has 0 aliphatic rings. The van der Waals surface area contributed by atoms with Crippen molar-refractivity contribution in [3.8, 4) is 0 Å². The SMILES string of the molecule is CCC(C)C(C)C(C)[PH+]=O.[Mo]. The van der Waals surface area contributed by atoms with Crippen molar-refractivity contribution in [1.29, 1.82) is 0 Å². The molecule has 0 bridgehead atoms. The molecule has 0 amide bonds. The van der Waals surface area contributed by atoms with Gasteiger partial charge in [-0.2, -0.15) is 0 Å². The minimum absolute atomic E-state index is 0. The van der Waals surface area contributed by atoms with Gasteiger partial charge in [0, 0.05) is 27.0 Å². The number of hydrogen-bond donors (Lipinski definition) is 0. The van der Waals surface area contributed by atoms with E-state index in [-0.39, 0.29) is 29.5 Å². The second kappa shape index (κ2) is 7.44. The van der Waals surface area contributed by atoms with E-state index < -0.39 is 0 Å². The molecule has 0 spiro atoms. The zero-order valence-corrected chi connectivity index (χ0v) is 10.8. The summed E-state index contributed by atoms with van der Waals surface area (Å²) < 4.78 is 10.5. The maximum absolute atomic E-state index is 10.5. The number of rotatable bonds is 4. The zero-order chi connectivity index (χ0) is 8.15. The summed E-state index contributed by atoms with van der Waals surface area (Å²) in [6, 6.07) is 0. The van der Waals surface area contributed by atoms with Crippen LogP contribution in [0.15, 0.2) is 0 Å². The smallest absolute Gasteiger partial charge is 0.0772 e. The topological polar surface area (TPSA) is 17.1 Å². The van der Waals surface area contributed by atoms with E-state index in [0.29, 0.717) is 17.5 Å². The first kappa shape index (κ1) is 14.3. The van der Waals surface area contributed by atoms with Crippen molar-refractivity contribution in [3.63, 3.8) is 0 Å². The van der Waals surface area contributed by atoms with Crippen LogP contribution in [-0.4, -0.2) is 5.66 Å². The Bertz CT molecular complexity index is 108. The van der Waals surface area contributed by atoms with Gasteiger partial charge in [0.25, 0.3) is 0 Å². The Morgan fingerprint density at radius 1 is 1.27 bits per heavy atom. The van der Waals surface area contributed by atoms with Crippen molar-refractivity contribution in [2.75, 3.05) is 0 Å². The van der Waals surface area contributed by atoms with Crippen LogP contribution in [-0.2, 0) is 25.6 Å². The van der Waals surface area contributed by atoms with Gasteiger partial charge in [0.05, 0.1) is 0 Å². The molecule has 1 nitrogen and oxygen atoms in total. The van der Waals surface area contributed by atoms with E-state index in [4.69, 9.17) is 0 Å². The predicted octanol–water partition coefficient (Wildman–Crippen LogP) is 3.08. The molecule has 0 aromatic heterocycles. The second-order valence-electron chi connectivity index (χ2n) is 3.15. The van der Waals surface area contributed by atoms with E-state index in [1.54, 1.807) is 0 Å². The molecule has 0 aliphatic heterocycles. The van der Waals surface area contributed by atoms with Gasteiger partial charge in [-0.05, 0) is 12.8 Å². The van der Waals surface area contributed by atoms with E-state index in [2.05, 4.69) is 27.7 Å². The molecule has 0 N–H and O–H groups in total. The van der Waals surface area contributed by atoms with Crippen molar-refractivity contribution in [2.24, 2.45) is 11.8 Å². The molecule has 3 heteroatoms. The summed E-state index contributed by atoms with van der Waals surface area (Å²) in [5.41, 5.74) is 0.370. The fourth-order valence-corrected chi connectivity index (χ4v) is 1.52. The van der Waals surface area contributed by atoms with Gasteiger partial charge < -0.3 is 0 Å². The standard InChI is InChI=1S/C8H17OP.Mo/c1-5-6(2)7(3)8(4)10-9;/h6-8H,5H2,1-4H3;/p+1. The van der Waals surface area contributed by atoms with E-state index >= 15 is 0 Å². The van der Waals surface area contributed by atoms with E-state index in [9.17, 15) is 4.57 Å². The fraction of sp³-hybridized carbons (Fsp3) is 1.00. The second-order valence-corrected chi connectivity index (χ2v) is 4.30. The minimum Gasteiger partial charge on any atom is -0.0772 e. The first-order valence-electron chi connectivity index (χ1n) is 4.01. The van der Waals surface area contributed by atoms with E-state index in [1.807, 2.05) is 0 Å². The van der Waals surface area contributed by atoms with Crippen LogP contribution in [0.4, 0.5) is 0 Å². The van der Waals surface area contributed by atoms with Gasteiger partial charge in [0.1, 0.15) is 0 Å². The largest absolute Gasteiger partial charge is 0.327 e. The molecular formula is C8H18MoOP+. The first-order chi connectivity index (χ1) is 4.63. The van der Waals surface area contributed by atoms with Crippen LogP contribution in [0.2, 0.25) is 0 Å². The first-order valence-corrected chi connectivity index (χ1v) is 4.99. The summed E-state index contributed by atoms with van der Waals surface area (Å²) in [6.45, 7) is 8.65. The van der Waals surface area contributed by atoms with Crippen molar-refractivity contribution in [3.05, 3.63) is 0 Å². The summed E-state index contributed by atoms with van der Waals surface area (Å²) >= 11 is 0. The normalized spacial score (nSPS) is 18.5. The van der Waals surface area contributed by atoms with Gasteiger partial charge in [-0.15, -0.1) is 0 Å². The summed E-state index contributed by atoms with van der Waals surface area (Å²) in [5.74, 6) is 1.30. The Hall–Kier alpha value is 0.788. The summed E-state index contributed by atoms with van der Waals surface area (Å²) in [6.07, 6.45) is 1.19. The monoisotopic (exact) mass is 259 g/mol. The molecule has 66 valence electrons. The van der Waals surface area contributed by atoms with Crippen LogP contribution in [0.3, 0.4) is 0 Å². The molecule has 0 rings (SSSR count). The molecule has 0 saturated heterocycles. The Morgan fingerprint density at radius 3 is 2.00 bits per heavy atom. The quantitative estimate of drug-likeness (QED) is 0.558. The predicted molar refractivity (Wildman–Crippen MR) is 47.1 cm³/mol. The molecule has 4 atom stereocenters. The van der Waals surface area contributed by atoms with Crippen LogP contribution in [0.1, 0.15) is 34.1 Å². The third kappa shape index (κ3) is 5.09. The maximum Gasteiger partial charge on any atom is 0.327 e. The van der Waals surface area contributed by atoms with Gasteiger partial charge >= 0.3 is 8.46 Å². The van der Waals surface area contributed by atoms with Gasteiger partial charge in [-0.3, -0.25) is 0 Å². The molecule has 0 saturated carbocycles. The molecule has 0 fully saturated rings. The van der Waals surface area contributed by atoms with Crippen LogP contribution in [0, 0.1) is 11.8 Å². The van der Waals surface area contributed by atoms with Gasteiger partial charge in [-0.1, -0.05) is 31.8 Å². The maximum atomic E-state index is 10.5. The third-order valence-corrected chi connectivity index (χ3v) is 3.41. The third-order valence-electron chi connectivity index (χ3n) is 2.52. The van der Waals surface area contributed by atoms with Gasteiger partial charge in [-0.25, -0.2) is 0 Å². The van der Waals surface area contributed by atoms with Crippen molar-refractivity contribution in [2.45, 2.75) is 39.8 Å². The molecule has 0 aliphatic carbocycles. The molecule has 11 heavy (non-hydrogen) atoms. The van der Waals surface area contributed by atoms with Crippen LogP contribution < -0.4 is 0 Å². The van der Waals surface area contributed by atoms with Crippen LogP contribution >= 0.6 is 8.46 Å². The summed E-state index contributed by atoms with van der Waals surface area (Å²) in [7, 11) is -0.142. The van der Waals surface area contributed by atoms with Crippen LogP contribution in [0.25, 0.3) is 0 Å². The molecule has 4 unspecified atom stereocenters. The molecule has 0 radical (unpaired) electrons. The van der Waals surface area contributed by atoms with Crippen molar-refractivity contribution >= 4 is 8.46 Å². The van der Waals surface area contributed by atoms with Crippen LogP contribution in [0.5, 0.6) is 0 Å². The molecule has 0 aromatic carbocycles. The fourth-order valence-electron chi connectivity index (χ4n) is 0.972. The number of hydrogen-bond acceptors (Lipinski definition) is 1. The molecule has 0 heterocycles. The Labute approximate surface area is 85.8 Å². The molecule has 0 aromatic rings. The van der Waals surface area contributed by atoms with E-state index in [1.165, 1.54) is 6.42 Å². The average Bonchev–Trinajstić information content (AvgIpc) is 2.00. The van der Waals surface area contributed by atoms with Crippen molar-refractivity contribution in [1.82, 2.24) is 0 Å². The molecular weight excluding hydrogens is 239 g/mol. The Kier molecular flexibility index (Phi) is 9.68. The van der Waals surface area contributed by atoms with Crippen molar-refractivity contribution < 1.29 is 25.6 Å². The summed E-state index contributed by atoms with van der Waals surface area (Å²) in [5, 5.41) is 0. The summed E-state index contributed by atoms with van der Waals surface area (Å²) in [4.78, 5) is 0.